The summed E-state index contributed by atoms with van der Waals surface area (Å²) in [6.07, 6.45) is -0.0290. The van der Waals surface area contributed by atoms with Crippen LogP contribution in [0.5, 0.6) is 5.75 Å². The fourth-order valence-corrected chi connectivity index (χ4v) is 1.31. The number of carbonyl (C=O) groups excluding carboxylic acids is 1. The maximum absolute atomic E-state index is 11.9. The highest BCUT2D eigenvalue weighted by atomic mass is 16.5. The second kappa shape index (κ2) is 6.10. The molecule has 1 amide bonds. The van der Waals surface area contributed by atoms with Gasteiger partial charge in [0.25, 0.3) is 5.91 Å². The number of methoxy groups -OCH3 is 2. The largest absolute Gasteiger partial charge is 0.496 e. The van der Waals surface area contributed by atoms with Gasteiger partial charge in [0.15, 0.2) is 0 Å². The molecule has 0 fully saturated rings. The lowest BCUT2D eigenvalue weighted by molar-refractivity contribution is 0.0868. The fourth-order valence-electron chi connectivity index (χ4n) is 1.31. The van der Waals surface area contributed by atoms with Crippen LogP contribution in [0.15, 0.2) is 18.2 Å². The Morgan fingerprint density at radius 3 is 2.76 bits per heavy atom. The van der Waals surface area contributed by atoms with Crippen molar-refractivity contribution in [1.82, 2.24) is 5.32 Å². The monoisotopic (exact) mass is 238 g/mol. The van der Waals surface area contributed by atoms with Gasteiger partial charge in [0, 0.05) is 25.4 Å². The van der Waals surface area contributed by atoms with Crippen LogP contribution in [0.2, 0.25) is 0 Å². The van der Waals surface area contributed by atoms with Crippen LogP contribution in [0.1, 0.15) is 17.3 Å². The van der Waals surface area contributed by atoms with Crippen molar-refractivity contribution in [1.29, 1.82) is 0 Å². The first-order valence-electron chi connectivity index (χ1n) is 5.33. The summed E-state index contributed by atoms with van der Waals surface area (Å²) >= 11 is 0. The number of nitrogen functional groups attached to an aromatic ring is 1. The molecule has 0 saturated carbocycles. The van der Waals surface area contributed by atoms with Gasteiger partial charge in [0.1, 0.15) is 5.75 Å². The predicted molar refractivity (Wildman–Crippen MR) is 66.2 cm³/mol. The van der Waals surface area contributed by atoms with E-state index in [0.29, 0.717) is 23.5 Å². The van der Waals surface area contributed by atoms with Crippen LogP contribution < -0.4 is 15.8 Å². The summed E-state index contributed by atoms with van der Waals surface area (Å²) in [7, 11) is 3.10. The highest BCUT2D eigenvalue weighted by Gasteiger charge is 2.12. The molecule has 0 saturated heterocycles. The van der Waals surface area contributed by atoms with Crippen LogP contribution in [0, 0.1) is 0 Å². The van der Waals surface area contributed by atoms with Gasteiger partial charge < -0.3 is 20.5 Å². The van der Waals surface area contributed by atoms with Gasteiger partial charge in [-0.1, -0.05) is 0 Å². The van der Waals surface area contributed by atoms with Gasteiger partial charge in [-0.15, -0.1) is 0 Å². The minimum Gasteiger partial charge on any atom is -0.496 e. The van der Waals surface area contributed by atoms with E-state index in [-0.39, 0.29) is 12.0 Å². The molecule has 17 heavy (non-hydrogen) atoms. The van der Waals surface area contributed by atoms with Crippen LogP contribution in [0.3, 0.4) is 0 Å². The summed E-state index contributed by atoms with van der Waals surface area (Å²) in [5.41, 5.74) is 6.64. The SMILES string of the molecule is COc1cc(N)ccc1C(=O)NCC(C)OC. The van der Waals surface area contributed by atoms with Gasteiger partial charge in [0.2, 0.25) is 0 Å². The first kappa shape index (κ1) is 13.3. The molecule has 1 aromatic carbocycles. The number of ether oxygens (including phenoxy) is 2. The van der Waals surface area contributed by atoms with E-state index in [1.165, 1.54) is 7.11 Å². The summed E-state index contributed by atoms with van der Waals surface area (Å²) in [5, 5.41) is 2.76. The maximum Gasteiger partial charge on any atom is 0.255 e. The minimum atomic E-state index is -0.203. The first-order valence-corrected chi connectivity index (χ1v) is 5.33. The third kappa shape index (κ3) is 3.64. The Bertz CT molecular complexity index is 393. The molecule has 5 heteroatoms. The molecule has 0 radical (unpaired) electrons. The summed E-state index contributed by atoms with van der Waals surface area (Å²) in [6, 6.07) is 4.92. The zero-order valence-corrected chi connectivity index (χ0v) is 10.3. The molecule has 0 aromatic heterocycles. The van der Waals surface area contributed by atoms with E-state index in [4.69, 9.17) is 15.2 Å². The predicted octanol–water partition coefficient (Wildman–Crippen LogP) is 1.04. The van der Waals surface area contributed by atoms with Gasteiger partial charge >= 0.3 is 0 Å². The van der Waals surface area contributed by atoms with E-state index in [0.717, 1.165) is 0 Å². The topological polar surface area (TPSA) is 73.6 Å². The van der Waals surface area contributed by atoms with Gasteiger partial charge in [-0.05, 0) is 19.1 Å². The maximum atomic E-state index is 11.9. The summed E-state index contributed by atoms with van der Waals surface area (Å²) in [6.45, 7) is 2.32. The van der Waals surface area contributed by atoms with Crippen molar-refractivity contribution in [3.8, 4) is 5.75 Å². The molecular formula is C12H18N2O3. The second-order valence-electron chi connectivity index (χ2n) is 3.72. The highest BCUT2D eigenvalue weighted by Crippen LogP contribution is 2.21. The van der Waals surface area contributed by atoms with Gasteiger partial charge in [-0.25, -0.2) is 0 Å². The second-order valence-corrected chi connectivity index (χ2v) is 3.72. The Labute approximate surface area is 101 Å². The van der Waals surface area contributed by atoms with Crippen LogP contribution in [-0.4, -0.2) is 32.8 Å². The van der Waals surface area contributed by atoms with Crippen molar-refractivity contribution in [3.05, 3.63) is 23.8 Å². The molecule has 0 spiro atoms. The van der Waals surface area contributed by atoms with Crippen molar-refractivity contribution >= 4 is 11.6 Å². The minimum absolute atomic E-state index is 0.0290. The molecule has 94 valence electrons. The van der Waals surface area contributed by atoms with Crippen LogP contribution in [-0.2, 0) is 4.74 Å². The van der Waals surface area contributed by atoms with E-state index >= 15 is 0 Å². The fraction of sp³-hybridized carbons (Fsp3) is 0.417. The highest BCUT2D eigenvalue weighted by molar-refractivity contribution is 5.97. The third-order valence-corrected chi connectivity index (χ3v) is 2.42. The number of amides is 1. The van der Waals surface area contributed by atoms with Crippen molar-refractivity contribution in [3.63, 3.8) is 0 Å². The molecule has 0 aliphatic rings. The van der Waals surface area contributed by atoms with Crippen molar-refractivity contribution in [2.45, 2.75) is 13.0 Å². The van der Waals surface area contributed by atoms with Crippen molar-refractivity contribution < 1.29 is 14.3 Å². The zero-order valence-electron chi connectivity index (χ0n) is 10.3. The van der Waals surface area contributed by atoms with Crippen LogP contribution >= 0.6 is 0 Å². The Morgan fingerprint density at radius 1 is 1.47 bits per heavy atom. The molecule has 0 aliphatic heterocycles. The van der Waals surface area contributed by atoms with E-state index in [1.807, 2.05) is 6.92 Å². The number of hydrogen-bond donors (Lipinski definition) is 2. The van der Waals surface area contributed by atoms with Crippen LogP contribution in [0.25, 0.3) is 0 Å². The lowest BCUT2D eigenvalue weighted by Crippen LogP contribution is -2.31. The Kier molecular flexibility index (Phi) is 4.78. The third-order valence-electron chi connectivity index (χ3n) is 2.42. The zero-order chi connectivity index (χ0) is 12.8. The van der Waals surface area contributed by atoms with Gasteiger partial charge in [-0.2, -0.15) is 0 Å². The number of benzene rings is 1. The standard InChI is InChI=1S/C12H18N2O3/c1-8(16-2)7-14-12(15)10-5-4-9(13)6-11(10)17-3/h4-6,8H,7,13H2,1-3H3,(H,14,15). The average Bonchev–Trinajstić information content (AvgIpc) is 2.35. The van der Waals surface area contributed by atoms with Crippen molar-refractivity contribution in [2.24, 2.45) is 0 Å². The van der Waals surface area contributed by atoms with Crippen LogP contribution in [0.4, 0.5) is 5.69 Å². The molecule has 0 bridgehead atoms. The lowest BCUT2D eigenvalue weighted by Gasteiger charge is -2.12. The van der Waals surface area contributed by atoms with Gasteiger partial charge in [0.05, 0.1) is 18.8 Å². The quantitative estimate of drug-likeness (QED) is 0.752. The number of anilines is 1. The first-order chi connectivity index (χ1) is 8.08. The summed E-state index contributed by atoms with van der Waals surface area (Å²) in [5.74, 6) is 0.262. The van der Waals surface area contributed by atoms with E-state index in [9.17, 15) is 4.79 Å². The Hall–Kier alpha value is -1.75. The molecule has 3 N–H and O–H groups in total. The summed E-state index contributed by atoms with van der Waals surface area (Å²) in [4.78, 5) is 11.9. The van der Waals surface area contributed by atoms with Gasteiger partial charge in [-0.3, -0.25) is 4.79 Å². The molecule has 1 rings (SSSR count). The average molecular weight is 238 g/mol. The number of nitrogens with two attached hydrogens (primary N) is 1. The Morgan fingerprint density at radius 2 is 2.18 bits per heavy atom. The number of rotatable bonds is 5. The molecular weight excluding hydrogens is 220 g/mol. The molecule has 1 unspecified atom stereocenters. The molecule has 1 atom stereocenters. The normalized spacial score (nSPS) is 11.9. The number of carbonyl (C=O) groups is 1. The van der Waals surface area contributed by atoms with E-state index < -0.39 is 0 Å². The van der Waals surface area contributed by atoms with E-state index in [2.05, 4.69) is 5.32 Å². The molecule has 1 aromatic rings. The summed E-state index contributed by atoms with van der Waals surface area (Å²) < 4.78 is 10.2. The number of nitrogens with one attached hydrogen (secondary N) is 1. The molecule has 5 nitrogen and oxygen atoms in total. The van der Waals surface area contributed by atoms with Crippen molar-refractivity contribution in [2.75, 3.05) is 26.5 Å². The Balaban J connectivity index is 2.75. The lowest BCUT2D eigenvalue weighted by atomic mass is 10.1. The molecule has 0 heterocycles. The van der Waals surface area contributed by atoms with E-state index in [1.54, 1.807) is 25.3 Å². The smallest absolute Gasteiger partial charge is 0.255 e. The number of hydrogen-bond acceptors (Lipinski definition) is 4. The molecule has 0 aliphatic carbocycles.